The van der Waals surface area contributed by atoms with Crippen LogP contribution in [0.4, 0.5) is 0 Å². The molecule has 0 aliphatic carbocycles. The molecule has 0 fully saturated rings. The Morgan fingerprint density at radius 3 is 2.33 bits per heavy atom. The molecule has 2 rings (SSSR count). The van der Waals surface area contributed by atoms with Gasteiger partial charge >= 0.3 is 0 Å². The molecular weight excluding hydrogens is 280 g/mol. The normalized spacial score (nSPS) is 9.24. The molecule has 0 bridgehead atoms. The van der Waals surface area contributed by atoms with Crippen LogP contribution in [0, 0.1) is 6.92 Å². The van der Waals surface area contributed by atoms with Gasteiger partial charge in [-0.15, -0.1) is 0 Å². The van der Waals surface area contributed by atoms with Crippen LogP contribution in [0.2, 0.25) is 0 Å². The Bertz CT molecular complexity index is 594. The van der Waals surface area contributed by atoms with E-state index in [4.69, 9.17) is 13.6 Å². The summed E-state index contributed by atoms with van der Waals surface area (Å²) in [6.45, 7) is 2.18. The predicted octanol–water partition coefficient (Wildman–Crippen LogP) is 2.17. The number of aryl methyl sites for hydroxylation is 1. The molecule has 2 aromatic heterocycles. The lowest BCUT2D eigenvalue weighted by Gasteiger charge is -1.90. The molecule has 0 amide bonds. The van der Waals surface area contributed by atoms with Crippen molar-refractivity contribution < 1.29 is 32.7 Å². The molecule has 2 aromatic rings. The Hall–Kier alpha value is -2.83. The SMILES string of the molecule is COc1cc(C)c(C=O)o1.O=COCc1ccc(C=O)o1. The van der Waals surface area contributed by atoms with Gasteiger partial charge in [-0.25, -0.2) is 0 Å². The largest absolute Gasteiger partial charge is 0.468 e. The summed E-state index contributed by atoms with van der Waals surface area (Å²) in [4.78, 5) is 30.0. The first-order valence-corrected chi connectivity index (χ1v) is 5.83. The number of hydrogen-bond acceptors (Lipinski definition) is 7. The lowest BCUT2D eigenvalue weighted by atomic mass is 10.3. The van der Waals surface area contributed by atoms with E-state index in [-0.39, 0.29) is 12.4 Å². The van der Waals surface area contributed by atoms with Crippen LogP contribution in [0.25, 0.3) is 0 Å². The van der Waals surface area contributed by atoms with Crippen LogP contribution in [0.1, 0.15) is 32.4 Å². The van der Waals surface area contributed by atoms with Crippen LogP contribution in [-0.4, -0.2) is 26.2 Å². The van der Waals surface area contributed by atoms with Crippen molar-refractivity contribution in [1.82, 2.24) is 0 Å². The molecule has 2 heterocycles. The predicted molar refractivity (Wildman–Crippen MR) is 70.3 cm³/mol. The summed E-state index contributed by atoms with van der Waals surface area (Å²) in [6.07, 6.45) is 1.25. The molecule has 7 heteroatoms. The maximum atomic E-state index is 10.2. The molecule has 7 nitrogen and oxygen atoms in total. The molecule has 0 aliphatic rings. The van der Waals surface area contributed by atoms with Crippen LogP contribution < -0.4 is 4.74 Å². The van der Waals surface area contributed by atoms with E-state index in [1.165, 1.54) is 13.2 Å². The van der Waals surface area contributed by atoms with E-state index in [0.717, 1.165) is 5.56 Å². The van der Waals surface area contributed by atoms with E-state index in [1.54, 1.807) is 19.1 Å². The second kappa shape index (κ2) is 8.36. The highest BCUT2D eigenvalue weighted by atomic mass is 16.6. The summed E-state index contributed by atoms with van der Waals surface area (Å²) in [5.41, 5.74) is 0.798. The number of rotatable bonds is 6. The fourth-order valence-corrected chi connectivity index (χ4v) is 1.34. The molecule has 0 N–H and O–H groups in total. The van der Waals surface area contributed by atoms with Crippen molar-refractivity contribution in [3.8, 4) is 5.95 Å². The van der Waals surface area contributed by atoms with Gasteiger partial charge in [0.15, 0.2) is 24.1 Å². The standard InChI is InChI=1S/C7H6O4.C7H8O3/c8-3-6-1-2-7(11-6)4-10-5-9;1-5-3-7(9-2)10-6(5)4-8/h1-3,5H,4H2;3-4H,1-2H3. The molecule has 112 valence electrons. The molecule has 0 aromatic carbocycles. The molecule has 0 aliphatic heterocycles. The Morgan fingerprint density at radius 1 is 1.14 bits per heavy atom. The quantitative estimate of drug-likeness (QED) is 0.753. The highest BCUT2D eigenvalue weighted by molar-refractivity contribution is 5.73. The molecule has 0 saturated heterocycles. The van der Waals surface area contributed by atoms with Gasteiger partial charge in [0, 0.05) is 11.6 Å². The van der Waals surface area contributed by atoms with E-state index < -0.39 is 0 Å². The minimum atomic E-state index is 0.0668. The molecular formula is C14H14O7. The number of ether oxygens (including phenoxy) is 2. The third kappa shape index (κ3) is 4.98. The maximum absolute atomic E-state index is 10.2. The zero-order valence-corrected chi connectivity index (χ0v) is 11.5. The Balaban J connectivity index is 0.000000211. The zero-order valence-electron chi connectivity index (χ0n) is 11.5. The van der Waals surface area contributed by atoms with Crippen LogP contribution in [0.3, 0.4) is 0 Å². The first-order valence-electron chi connectivity index (χ1n) is 5.83. The number of carbonyl (C=O) groups is 3. The van der Waals surface area contributed by atoms with Crippen LogP contribution >= 0.6 is 0 Å². The van der Waals surface area contributed by atoms with E-state index in [2.05, 4.69) is 4.74 Å². The van der Waals surface area contributed by atoms with Gasteiger partial charge < -0.3 is 18.3 Å². The van der Waals surface area contributed by atoms with Crippen molar-refractivity contribution in [2.75, 3.05) is 7.11 Å². The Morgan fingerprint density at radius 2 is 1.90 bits per heavy atom. The molecule has 0 atom stereocenters. The van der Waals surface area contributed by atoms with Gasteiger partial charge in [-0.1, -0.05) is 0 Å². The highest BCUT2D eigenvalue weighted by Gasteiger charge is 2.04. The van der Waals surface area contributed by atoms with Gasteiger partial charge in [0.05, 0.1) is 7.11 Å². The lowest BCUT2D eigenvalue weighted by molar-refractivity contribution is -0.130. The molecule has 0 radical (unpaired) electrons. The number of methoxy groups -OCH3 is 1. The van der Waals surface area contributed by atoms with E-state index >= 15 is 0 Å². The van der Waals surface area contributed by atoms with Gasteiger partial charge in [0.25, 0.3) is 12.4 Å². The average Bonchev–Trinajstić information content (AvgIpc) is 3.11. The fourth-order valence-electron chi connectivity index (χ4n) is 1.34. The summed E-state index contributed by atoms with van der Waals surface area (Å²) >= 11 is 0. The third-order valence-electron chi connectivity index (χ3n) is 2.33. The summed E-state index contributed by atoms with van der Waals surface area (Å²) in [5.74, 6) is 1.39. The Kier molecular flexibility index (Phi) is 6.46. The third-order valence-corrected chi connectivity index (χ3v) is 2.33. The minimum Gasteiger partial charge on any atom is -0.468 e. The van der Waals surface area contributed by atoms with E-state index in [9.17, 15) is 14.4 Å². The first-order chi connectivity index (χ1) is 10.1. The van der Waals surface area contributed by atoms with Gasteiger partial charge in [0.1, 0.15) is 12.4 Å². The smallest absolute Gasteiger partial charge is 0.293 e. The number of aldehydes is 2. The molecule has 0 saturated carbocycles. The first kappa shape index (κ1) is 16.2. The topological polar surface area (TPSA) is 96.0 Å². The summed E-state index contributed by atoms with van der Waals surface area (Å²) in [7, 11) is 1.49. The van der Waals surface area contributed by atoms with Crippen molar-refractivity contribution in [1.29, 1.82) is 0 Å². The summed E-state index contributed by atoms with van der Waals surface area (Å²) in [5, 5.41) is 0. The zero-order chi connectivity index (χ0) is 15.7. The van der Waals surface area contributed by atoms with Crippen LogP contribution in [-0.2, 0) is 16.1 Å². The Labute approximate surface area is 120 Å². The van der Waals surface area contributed by atoms with Crippen molar-refractivity contribution in [3.63, 3.8) is 0 Å². The highest BCUT2D eigenvalue weighted by Crippen LogP contribution is 2.18. The number of carbonyl (C=O) groups excluding carboxylic acids is 3. The molecule has 0 spiro atoms. The second-order valence-electron chi connectivity index (χ2n) is 3.76. The van der Waals surface area contributed by atoms with Crippen molar-refractivity contribution in [3.05, 3.63) is 41.0 Å². The van der Waals surface area contributed by atoms with Gasteiger partial charge in [-0.05, 0) is 19.1 Å². The van der Waals surface area contributed by atoms with Crippen molar-refractivity contribution >= 4 is 19.0 Å². The van der Waals surface area contributed by atoms with Gasteiger partial charge in [0.2, 0.25) is 0 Å². The van der Waals surface area contributed by atoms with Gasteiger partial charge in [-0.3, -0.25) is 14.4 Å². The summed E-state index contributed by atoms with van der Waals surface area (Å²) < 4.78 is 18.9. The summed E-state index contributed by atoms with van der Waals surface area (Å²) in [6, 6.07) is 4.76. The van der Waals surface area contributed by atoms with Crippen molar-refractivity contribution in [2.45, 2.75) is 13.5 Å². The molecule has 0 unspecified atom stereocenters. The van der Waals surface area contributed by atoms with E-state index in [1.807, 2.05) is 0 Å². The van der Waals surface area contributed by atoms with Crippen LogP contribution in [0.15, 0.2) is 27.0 Å². The fraction of sp³-hybridized carbons (Fsp3) is 0.214. The van der Waals surface area contributed by atoms with Gasteiger partial charge in [-0.2, -0.15) is 0 Å². The average molecular weight is 294 g/mol. The van der Waals surface area contributed by atoms with Crippen molar-refractivity contribution in [2.24, 2.45) is 0 Å². The van der Waals surface area contributed by atoms with E-state index in [0.29, 0.717) is 36.5 Å². The lowest BCUT2D eigenvalue weighted by Crippen LogP contribution is -1.86. The van der Waals surface area contributed by atoms with Crippen LogP contribution in [0.5, 0.6) is 5.95 Å². The minimum absolute atomic E-state index is 0.0668. The molecule has 21 heavy (non-hydrogen) atoms. The maximum Gasteiger partial charge on any atom is 0.293 e. The number of hydrogen-bond donors (Lipinski definition) is 0. The second-order valence-corrected chi connectivity index (χ2v) is 3.76. The number of furan rings is 2. The monoisotopic (exact) mass is 294 g/mol.